The molecule has 1 aromatic rings. The van der Waals surface area contributed by atoms with Gasteiger partial charge in [0.15, 0.2) is 0 Å². The third-order valence-electron chi connectivity index (χ3n) is 7.33. The van der Waals surface area contributed by atoms with E-state index in [0.29, 0.717) is 17.9 Å². The summed E-state index contributed by atoms with van der Waals surface area (Å²) in [6.45, 7) is 14.4. The number of dihydropyridines is 1. The molecule has 31 heavy (non-hydrogen) atoms. The molecule has 3 aliphatic rings. The van der Waals surface area contributed by atoms with Crippen molar-refractivity contribution in [3.05, 3.63) is 54.7 Å². The summed E-state index contributed by atoms with van der Waals surface area (Å²) < 4.78 is 2.83. The predicted molar refractivity (Wildman–Crippen MR) is 137 cm³/mol. The van der Waals surface area contributed by atoms with Crippen molar-refractivity contribution in [1.29, 1.82) is 0 Å². The fourth-order valence-electron chi connectivity index (χ4n) is 5.90. The molecule has 0 N–H and O–H groups in total. The number of rotatable bonds is 4. The van der Waals surface area contributed by atoms with Crippen LogP contribution in [-0.4, -0.2) is 51.2 Å². The van der Waals surface area contributed by atoms with E-state index in [9.17, 15) is 0 Å². The van der Waals surface area contributed by atoms with E-state index >= 15 is 0 Å². The Balaban J connectivity index is 0.000000808. The van der Waals surface area contributed by atoms with Gasteiger partial charge >= 0.3 is 35.6 Å². The van der Waals surface area contributed by atoms with Gasteiger partial charge in [0.25, 0.3) is 0 Å². The fraction of sp³-hybridized carbons (Fsp3) is 0.583. The number of nitrogens with zero attached hydrogens (tertiary/aromatic N) is 3. The molecule has 1 aliphatic carbocycles. The van der Waals surface area contributed by atoms with Crippen LogP contribution in [0.5, 0.6) is 0 Å². The van der Waals surface area contributed by atoms with Gasteiger partial charge in [0.05, 0.1) is 6.04 Å². The summed E-state index contributed by atoms with van der Waals surface area (Å²) in [6, 6.07) is 11.4. The molecule has 172 valence electrons. The van der Waals surface area contributed by atoms with Crippen molar-refractivity contribution >= 4 is 38.6 Å². The maximum absolute atomic E-state index is 5.13. The number of benzene rings is 1. The van der Waals surface area contributed by atoms with Crippen LogP contribution in [0.15, 0.2) is 41.4 Å². The summed E-state index contributed by atoms with van der Waals surface area (Å²) in [6.07, 6.45) is 5.68. The second-order valence-corrected chi connectivity index (χ2v) is 16.6. The molecule has 2 fully saturated rings. The van der Waals surface area contributed by atoms with Crippen LogP contribution in [0.3, 0.4) is 0 Å². The summed E-state index contributed by atoms with van der Waals surface area (Å²) >= 11 is -0.556. The zero-order valence-electron chi connectivity index (χ0n) is 19.6. The molecule has 7 heteroatoms. The third kappa shape index (κ3) is 6.15. The van der Waals surface area contributed by atoms with Crippen molar-refractivity contribution in [3.63, 3.8) is 0 Å². The first kappa shape index (κ1) is 27.3. The second-order valence-electron chi connectivity index (χ2n) is 9.44. The van der Waals surface area contributed by atoms with E-state index in [1.807, 2.05) is 0 Å². The molecule has 3 nitrogen and oxygen atoms in total. The van der Waals surface area contributed by atoms with Crippen LogP contribution in [0.2, 0.25) is 18.6 Å². The Morgan fingerprint density at radius 3 is 2.32 bits per heavy atom. The van der Waals surface area contributed by atoms with Gasteiger partial charge in [0, 0.05) is 12.1 Å². The number of hydrogen-bond acceptors (Lipinski definition) is 2. The van der Waals surface area contributed by atoms with E-state index in [1.165, 1.54) is 17.6 Å². The van der Waals surface area contributed by atoms with E-state index < -0.39 is 25.3 Å². The van der Waals surface area contributed by atoms with Gasteiger partial charge in [-0.3, -0.25) is 4.99 Å². The van der Waals surface area contributed by atoms with Crippen LogP contribution in [0.1, 0.15) is 25.8 Å². The Labute approximate surface area is 207 Å². The Kier molecular flexibility index (Phi) is 11.0. The minimum absolute atomic E-state index is 0. The quantitative estimate of drug-likeness (QED) is 0.317. The van der Waals surface area contributed by atoms with Gasteiger partial charge in [-0.05, 0) is 54.1 Å². The number of hydrogen-bond donors (Lipinski definition) is 0. The molecule has 0 spiro atoms. The van der Waals surface area contributed by atoms with Crippen molar-refractivity contribution in [3.8, 4) is 0 Å². The van der Waals surface area contributed by atoms with Gasteiger partial charge in [-0.25, -0.2) is 0 Å². The van der Waals surface area contributed by atoms with Crippen molar-refractivity contribution in [2.24, 2.45) is 22.7 Å². The zero-order chi connectivity index (χ0) is 21.7. The van der Waals surface area contributed by atoms with E-state index in [-0.39, 0.29) is 7.43 Å². The number of piperazine rings is 1. The molecule has 4 atom stereocenters. The van der Waals surface area contributed by atoms with Gasteiger partial charge in [-0.2, -0.15) is 0 Å². The average Bonchev–Trinajstić information content (AvgIpc) is 3.16. The molecular weight excluding hydrogens is 477 g/mol. The second kappa shape index (κ2) is 12.5. The Hall–Kier alpha value is 0.0612. The summed E-state index contributed by atoms with van der Waals surface area (Å²) in [7, 11) is 8.18. The molecule has 1 saturated carbocycles. The molecule has 4 unspecified atom stereocenters. The van der Waals surface area contributed by atoms with Gasteiger partial charge in [-0.1, -0.05) is 57.3 Å². The molecule has 1 saturated heterocycles. The molecule has 0 aromatic heterocycles. The Morgan fingerprint density at radius 2 is 1.74 bits per heavy atom. The molecule has 2 heterocycles. The summed E-state index contributed by atoms with van der Waals surface area (Å²) in [5.41, 5.74) is 3.63. The number of aliphatic imine (C=N–C) groups is 1. The number of halogens is 2. The van der Waals surface area contributed by atoms with Crippen molar-refractivity contribution in [2.45, 2.75) is 44.9 Å². The monoisotopic (exact) mass is 513 g/mol. The molecular formula is C24H37Cl2N3SiTi-2. The van der Waals surface area contributed by atoms with E-state index in [1.54, 1.807) is 0 Å². The van der Waals surface area contributed by atoms with Crippen LogP contribution < -0.4 is 0 Å². The van der Waals surface area contributed by atoms with Crippen LogP contribution in [0.4, 0.5) is 0 Å². The van der Waals surface area contributed by atoms with Gasteiger partial charge in [-0.15, -0.1) is 13.1 Å². The first-order valence-corrected chi connectivity index (χ1v) is 18.4. The predicted octanol–water partition coefficient (Wildman–Crippen LogP) is 6.91. The van der Waals surface area contributed by atoms with Crippen LogP contribution >= 0.6 is 18.6 Å². The van der Waals surface area contributed by atoms with Crippen molar-refractivity contribution < 1.29 is 17.0 Å². The zero-order valence-corrected chi connectivity index (χ0v) is 23.6. The minimum atomic E-state index is -1.60. The molecule has 1 aromatic carbocycles. The molecule has 0 amide bonds. The summed E-state index contributed by atoms with van der Waals surface area (Å²) in [5, 5.41) is 4.60. The number of fused-ring (bicyclic) bond motifs is 1. The van der Waals surface area contributed by atoms with Crippen LogP contribution in [0.25, 0.3) is 10.9 Å². The van der Waals surface area contributed by atoms with E-state index in [2.05, 4.69) is 79.4 Å². The molecule has 4 rings (SSSR count). The average molecular weight is 514 g/mol. The fourth-order valence-corrected chi connectivity index (χ4v) is 10.4. The number of allylic oxidation sites excluding steroid dienone is 1. The molecule has 0 radical (unpaired) electrons. The Bertz CT molecular complexity index is 736. The van der Waals surface area contributed by atoms with Crippen LogP contribution in [-0.2, 0) is 17.0 Å². The van der Waals surface area contributed by atoms with Gasteiger partial charge < -0.3 is 17.3 Å². The van der Waals surface area contributed by atoms with Gasteiger partial charge in [0.2, 0.25) is 0 Å². The molecule has 0 bridgehead atoms. The summed E-state index contributed by atoms with van der Waals surface area (Å²) in [5.74, 6) is 2.06. The maximum atomic E-state index is 5.13. The third-order valence-corrected chi connectivity index (χ3v) is 11.8. The first-order chi connectivity index (χ1) is 14.4. The van der Waals surface area contributed by atoms with Crippen LogP contribution in [0, 0.1) is 25.2 Å². The standard InChI is InChI=1S/C23H34N3Si.CH3.2ClH.Ti/c1-17(2)20-16-21-19(18-8-6-5-7-9-18)10-11-25-22(21)23(20)27(3,4)26-14-12-24-13-15-26;;;;/h5-11,17,20-23H,12-16H2,1-4H3;1H3;2*1H;/q2*-1;;;+2/p-2. The van der Waals surface area contributed by atoms with E-state index in [0.717, 1.165) is 37.6 Å². The topological polar surface area (TPSA) is 29.7 Å². The Morgan fingerprint density at radius 1 is 1.13 bits per heavy atom. The van der Waals surface area contributed by atoms with Crippen molar-refractivity contribution in [2.75, 3.05) is 26.2 Å². The SMILES string of the molecule is CC(C)C1CC2C(c3ccccc3)=CC=NC2C1[Si](C)(C)N1CC[N-]CC1.[CH3-].[Cl][Ti][Cl]. The molecule has 2 aliphatic heterocycles. The van der Waals surface area contributed by atoms with Crippen molar-refractivity contribution in [1.82, 2.24) is 4.57 Å². The van der Waals surface area contributed by atoms with E-state index in [4.69, 9.17) is 23.6 Å². The van der Waals surface area contributed by atoms with Gasteiger partial charge in [0.1, 0.15) is 8.24 Å². The first-order valence-electron chi connectivity index (χ1n) is 11.0. The summed E-state index contributed by atoms with van der Waals surface area (Å²) in [4.78, 5) is 5.13. The normalized spacial score (nSPS) is 28.2.